The third-order valence-electron chi connectivity index (χ3n) is 2.52. The highest BCUT2D eigenvalue weighted by atomic mass is 16.5. The number of ketones is 1. The molecular formula is C13H20O2. The predicted molar refractivity (Wildman–Crippen MR) is 61.4 cm³/mol. The van der Waals surface area contributed by atoms with E-state index < -0.39 is 0 Å². The number of rotatable bonds is 1. The summed E-state index contributed by atoms with van der Waals surface area (Å²) in [6.07, 6.45) is 3.92. The molecule has 0 saturated carbocycles. The fraction of sp³-hybridized carbons (Fsp3) is 0.615. The van der Waals surface area contributed by atoms with E-state index in [9.17, 15) is 4.79 Å². The number of hydrogen-bond donors (Lipinski definition) is 0. The molecule has 2 nitrogen and oxygen atoms in total. The van der Waals surface area contributed by atoms with Crippen molar-refractivity contribution >= 4 is 5.78 Å². The minimum Gasteiger partial charge on any atom is -0.493 e. The average Bonchev–Trinajstić information content (AvgIpc) is 2.06. The SMILES string of the molecule is COC1=CC(C)(C)C=C(C(C)(C)C)C1=O. The summed E-state index contributed by atoms with van der Waals surface area (Å²) in [4.78, 5) is 12.0. The second-order valence-corrected chi connectivity index (χ2v) is 5.67. The maximum absolute atomic E-state index is 12.0. The lowest BCUT2D eigenvalue weighted by Gasteiger charge is -2.30. The molecule has 1 rings (SSSR count). The first-order chi connectivity index (χ1) is 6.67. The standard InChI is InChI=1S/C13H20O2/c1-12(2,3)9-7-13(4,5)8-10(15-6)11(9)14/h7-8H,1-6H3. The molecule has 0 spiro atoms. The van der Waals surface area contributed by atoms with E-state index in [1.807, 2.05) is 32.9 Å². The quantitative estimate of drug-likeness (QED) is 0.662. The molecule has 15 heavy (non-hydrogen) atoms. The maximum Gasteiger partial charge on any atom is 0.223 e. The second kappa shape index (κ2) is 3.51. The van der Waals surface area contributed by atoms with Gasteiger partial charge in [-0.3, -0.25) is 4.79 Å². The zero-order valence-electron chi connectivity index (χ0n) is 10.5. The first-order valence-corrected chi connectivity index (χ1v) is 5.22. The first-order valence-electron chi connectivity index (χ1n) is 5.22. The largest absolute Gasteiger partial charge is 0.493 e. The molecule has 0 bridgehead atoms. The van der Waals surface area contributed by atoms with Crippen LogP contribution < -0.4 is 0 Å². The Kier molecular flexibility index (Phi) is 2.81. The third kappa shape index (κ3) is 2.49. The van der Waals surface area contributed by atoms with Gasteiger partial charge in [-0.15, -0.1) is 0 Å². The average molecular weight is 208 g/mol. The number of carbonyl (C=O) groups excluding carboxylic acids is 1. The summed E-state index contributed by atoms with van der Waals surface area (Å²) in [5, 5.41) is 0. The van der Waals surface area contributed by atoms with E-state index in [4.69, 9.17) is 4.74 Å². The van der Waals surface area contributed by atoms with E-state index in [1.165, 1.54) is 0 Å². The number of hydrogen-bond acceptors (Lipinski definition) is 2. The van der Waals surface area contributed by atoms with Crippen molar-refractivity contribution in [2.75, 3.05) is 7.11 Å². The van der Waals surface area contributed by atoms with Gasteiger partial charge in [-0.25, -0.2) is 0 Å². The molecule has 0 amide bonds. The van der Waals surface area contributed by atoms with Gasteiger partial charge >= 0.3 is 0 Å². The maximum atomic E-state index is 12.0. The summed E-state index contributed by atoms with van der Waals surface area (Å²) >= 11 is 0. The van der Waals surface area contributed by atoms with Gasteiger partial charge < -0.3 is 4.74 Å². The fourth-order valence-corrected chi connectivity index (χ4v) is 1.72. The van der Waals surface area contributed by atoms with E-state index in [-0.39, 0.29) is 16.6 Å². The van der Waals surface area contributed by atoms with Crippen molar-refractivity contribution in [1.82, 2.24) is 0 Å². The summed E-state index contributed by atoms with van der Waals surface area (Å²) in [7, 11) is 1.55. The molecule has 1 aliphatic carbocycles. The predicted octanol–water partition coefficient (Wildman–Crippen LogP) is 3.10. The van der Waals surface area contributed by atoms with Gasteiger partial charge in [0.2, 0.25) is 5.78 Å². The van der Waals surface area contributed by atoms with Crippen molar-refractivity contribution in [2.24, 2.45) is 10.8 Å². The van der Waals surface area contributed by atoms with Gasteiger partial charge in [0.1, 0.15) is 0 Å². The minimum atomic E-state index is -0.133. The van der Waals surface area contributed by atoms with Crippen molar-refractivity contribution in [3.8, 4) is 0 Å². The van der Waals surface area contributed by atoms with Crippen molar-refractivity contribution in [2.45, 2.75) is 34.6 Å². The second-order valence-electron chi connectivity index (χ2n) is 5.67. The van der Waals surface area contributed by atoms with Crippen LogP contribution in [0.4, 0.5) is 0 Å². The van der Waals surface area contributed by atoms with Crippen LogP contribution in [0, 0.1) is 10.8 Å². The van der Waals surface area contributed by atoms with Gasteiger partial charge in [0.25, 0.3) is 0 Å². The number of ether oxygens (including phenoxy) is 1. The molecular weight excluding hydrogens is 188 g/mol. The Morgan fingerprint density at radius 2 is 1.73 bits per heavy atom. The van der Waals surface area contributed by atoms with Crippen LogP contribution in [0.25, 0.3) is 0 Å². The lowest BCUT2D eigenvalue weighted by molar-refractivity contribution is -0.116. The highest BCUT2D eigenvalue weighted by Crippen LogP contribution is 2.37. The Morgan fingerprint density at radius 3 is 2.13 bits per heavy atom. The lowest BCUT2D eigenvalue weighted by Crippen LogP contribution is -2.27. The van der Waals surface area contributed by atoms with E-state index in [1.54, 1.807) is 7.11 Å². The topological polar surface area (TPSA) is 26.3 Å². The van der Waals surface area contributed by atoms with E-state index >= 15 is 0 Å². The molecule has 2 heteroatoms. The van der Waals surface area contributed by atoms with Crippen LogP contribution in [0.2, 0.25) is 0 Å². The van der Waals surface area contributed by atoms with Gasteiger partial charge in [-0.1, -0.05) is 40.7 Å². The fourth-order valence-electron chi connectivity index (χ4n) is 1.72. The van der Waals surface area contributed by atoms with Crippen LogP contribution in [0.1, 0.15) is 34.6 Å². The molecule has 0 fully saturated rings. The molecule has 0 aliphatic heterocycles. The summed E-state index contributed by atoms with van der Waals surface area (Å²) in [6, 6.07) is 0. The Hall–Kier alpha value is -1.05. The zero-order chi connectivity index (χ0) is 11.9. The van der Waals surface area contributed by atoms with E-state index in [0.717, 1.165) is 5.57 Å². The number of methoxy groups -OCH3 is 1. The smallest absolute Gasteiger partial charge is 0.223 e. The van der Waals surface area contributed by atoms with Gasteiger partial charge in [0.05, 0.1) is 7.11 Å². The van der Waals surface area contributed by atoms with E-state index in [0.29, 0.717) is 5.76 Å². The normalized spacial score (nSPS) is 20.8. The molecule has 0 atom stereocenters. The van der Waals surface area contributed by atoms with Crippen LogP contribution in [0.3, 0.4) is 0 Å². The van der Waals surface area contributed by atoms with Crippen LogP contribution in [0.15, 0.2) is 23.5 Å². The van der Waals surface area contributed by atoms with Crippen molar-refractivity contribution in [1.29, 1.82) is 0 Å². The van der Waals surface area contributed by atoms with Crippen LogP contribution >= 0.6 is 0 Å². The summed E-state index contributed by atoms with van der Waals surface area (Å²) in [5.74, 6) is 0.483. The van der Waals surface area contributed by atoms with Gasteiger partial charge in [0.15, 0.2) is 5.76 Å². The van der Waals surface area contributed by atoms with Gasteiger partial charge in [-0.05, 0) is 11.5 Å². The monoisotopic (exact) mass is 208 g/mol. The Labute approximate surface area is 92.0 Å². The first kappa shape index (κ1) is 12.0. The van der Waals surface area contributed by atoms with E-state index in [2.05, 4.69) is 13.8 Å². The van der Waals surface area contributed by atoms with Crippen molar-refractivity contribution < 1.29 is 9.53 Å². The zero-order valence-corrected chi connectivity index (χ0v) is 10.5. The highest BCUT2D eigenvalue weighted by molar-refractivity contribution is 6.08. The molecule has 84 valence electrons. The van der Waals surface area contributed by atoms with Crippen molar-refractivity contribution in [3.05, 3.63) is 23.5 Å². The van der Waals surface area contributed by atoms with Crippen LogP contribution in [0.5, 0.6) is 0 Å². The minimum absolute atomic E-state index is 0.0179. The van der Waals surface area contributed by atoms with Crippen molar-refractivity contribution in [3.63, 3.8) is 0 Å². The van der Waals surface area contributed by atoms with Gasteiger partial charge in [-0.2, -0.15) is 0 Å². The number of Topliss-reactive ketones (excluding diaryl/α,β-unsaturated/α-hetero) is 1. The molecule has 1 aliphatic rings. The third-order valence-corrected chi connectivity index (χ3v) is 2.52. The molecule has 0 saturated heterocycles. The molecule has 0 aromatic heterocycles. The molecule has 0 heterocycles. The molecule has 0 aromatic carbocycles. The Balaban J connectivity index is 3.21. The number of carbonyl (C=O) groups is 1. The molecule has 0 aromatic rings. The summed E-state index contributed by atoms with van der Waals surface area (Å²) in [6.45, 7) is 10.3. The highest BCUT2D eigenvalue weighted by Gasteiger charge is 2.33. The molecule has 0 radical (unpaired) electrons. The summed E-state index contributed by atoms with van der Waals surface area (Å²) in [5.41, 5.74) is 0.598. The van der Waals surface area contributed by atoms with Crippen LogP contribution in [-0.4, -0.2) is 12.9 Å². The van der Waals surface area contributed by atoms with Crippen LogP contribution in [-0.2, 0) is 9.53 Å². The Morgan fingerprint density at radius 1 is 1.20 bits per heavy atom. The Bertz CT molecular complexity index is 338. The molecule has 0 unspecified atom stereocenters. The lowest BCUT2D eigenvalue weighted by atomic mass is 9.74. The molecule has 0 N–H and O–H groups in total. The summed E-state index contributed by atoms with van der Waals surface area (Å²) < 4.78 is 5.14. The number of allylic oxidation sites excluding steroid dienone is 3. The van der Waals surface area contributed by atoms with Gasteiger partial charge in [0, 0.05) is 11.0 Å².